The third-order valence-corrected chi connectivity index (χ3v) is 2.85. The predicted molar refractivity (Wildman–Crippen MR) is 70.4 cm³/mol. The van der Waals surface area contributed by atoms with Crippen molar-refractivity contribution in [2.45, 2.75) is 0 Å². The standard InChI is InChI=1S/C14H10ClFO3/c1-19-11-2-3-12(13(16)7-11)8-4-9(14(17)18)6-10(15)5-8/h2-7H,1H3,(H,17,18). The molecule has 0 spiro atoms. The van der Waals surface area contributed by atoms with Gasteiger partial charge in [-0.2, -0.15) is 0 Å². The van der Waals surface area contributed by atoms with Gasteiger partial charge < -0.3 is 9.84 Å². The fraction of sp³-hybridized carbons (Fsp3) is 0.0714. The first-order valence-electron chi connectivity index (χ1n) is 5.39. The molecule has 0 aliphatic heterocycles. The van der Waals surface area contributed by atoms with E-state index in [1.807, 2.05) is 0 Å². The van der Waals surface area contributed by atoms with Crippen molar-refractivity contribution in [3.8, 4) is 16.9 Å². The highest BCUT2D eigenvalue weighted by Crippen LogP contribution is 2.29. The Labute approximate surface area is 114 Å². The first-order chi connectivity index (χ1) is 9.01. The third-order valence-electron chi connectivity index (χ3n) is 2.63. The van der Waals surface area contributed by atoms with Crippen LogP contribution in [0.4, 0.5) is 4.39 Å². The fourth-order valence-electron chi connectivity index (χ4n) is 1.73. The van der Waals surface area contributed by atoms with E-state index in [9.17, 15) is 9.18 Å². The molecule has 5 heteroatoms. The molecule has 98 valence electrons. The zero-order valence-corrected chi connectivity index (χ0v) is 10.7. The first-order valence-corrected chi connectivity index (χ1v) is 5.77. The Bertz CT molecular complexity index is 641. The van der Waals surface area contributed by atoms with E-state index in [1.54, 1.807) is 6.07 Å². The lowest BCUT2D eigenvalue weighted by Gasteiger charge is -2.07. The lowest BCUT2D eigenvalue weighted by molar-refractivity contribution is 0.0697. The van der Waals surface area contributed by atoms with Gasteiger partial charge in [0.2, 0.25) is 0 Å². The zero-order chi connectivity index (χ0) is 14.0. The summed E-state index contributed by atoms with van der Waals surface area (Å²) >= 11 is 5.84. The van der Waals surface area contributed by atoms with E-state index in [0.29, 0.717) is 11.3 Å². The number of aromatic carboxylic acids is 1. The summed E-state index contributed by atoms with van der Waals surface area (Å²) < 4.78 is 18.8. The molecule has 0 atom stereocenters. The highest BCUT2D eigenvalue weighted by Gasteiger charge is 2.11. The highest BCUT2D eigenvalue weighted by atomic mass is 35.5. The molecule has 0 amide bonds. The van der Waals surface area contributed by atoms with Crippen LogP contribution in [0.2, 0.25) is 5.02 Å². The molecule has 0 unspecified atom stereocenters. The van der Waals surface area contributed by atoms with E-state index >= 15 is 0 Å². The maximum absolute atomic E-state index is 13.9. The average Bonchev–Trinajstić information content (AvgIpc) is 2.37. The smallest absolute Gasteiger partial charge is 0.335 e. The number of ether oxygens (including phenoxy) is 1. The number of hydrogen-bond acceptors (Lipinski definition) is 2. The summed E-state index contributed by atoms with van der Waals surface area (Å²) in [6.45, 7) is 0. The second-order valence-corrected chi connectivity index (χ2v) is 4.32. The third kappa shape index (κ3) is 2.85. The van der Waals surface area contributed by atoms with Crippen LogP contribution in [0, 0.1) is 5.82 Å². The molecule has 2 aromatic rings. The Morgan fingerprint density at radius 2 is 2.00 bits per heavy atom. The number of methoxy groups -OCH3 is 1. The van der Waals surface area contributed by atoms with Crippen molar-refractivity contribution in [2.75, 3.05) is 7.11 Å². The lowest BCUT2D eigenvalue weighted by Crippen LogP contribution is -1.97. The maximum Gasteiger partial charge on any atom is 0.335 e. The van der Waals surface area contributed by atoms with Crippen LogP contribution in [0.5, 0.6) is 5.75 Å². The van der Waals surface area contributed by atoms with Gasteiger partial charge in [0.15, 0.2) is 0 Å². The Balaban J connectivity index is 2.55. The van der Waals surface area contributed by atoms with Crippen LogP contribution in [0.25, 0.3) is 11.1 Å². The van der Waals surface area contributed by atoms with E-state index < -0.39 is 11.8 Å². The summed E-state index contributed by atoms with van der Waals surface area (Å²) in [4.78, 5) is 10.9. The Morgan fingerprint density at radius 3 is 2.58 bits per heavy atom. The van der Waals surface area contributed by atoms with Crippen molar-refractivity contribution >= 4 is 17.6 Å². The van der Waals surface area contributed by atoms with Gasteiger partial charge in [-0.25, -0.2) is 9.18 Å². The summed E-state index contributed by atoms with van der Waals surface area (Å²) in [7, 11) is 1.44. The van der Waals surface area contributed by atoms with Crippen LogP contribution in [0.15, 0.2) is 36.4 Å². The molecule has 0 aromatic heterocycles. The number of benzene rings is 2. The van der Waals surface area contributed by atoms with E-state index in [4.69, 9.17) is 21.4 Å². The van der Waals surface area contributed by atoms with Gasteiger partial charge in [-0.15, -0.1) is 0 Å². The molecule has 0 radical (unpaired) electrons. The summed E-state index contributed by atoms with van der Waals surface area (Å²) in [6.07, 6.45) is 0. The second-order valence-electron chi connectivity index (χ2n) is 3.88. The number of halogens is 2. The largest absolute Gasteiger partial charge is 0.497 e. The molecule has 0 saturated heterocycles. The monoisotopic (exact) mass is 280 g/mol. The minimum Gasteiger partial charge on any atom is -0.497 e. The molecule has 0 aliphatic carbocycles. The van der Waals surface area contributed by atoms with Gasteiger partial charge in [-0.1, -0.05) is 11.6 Å². The Morgan fingerprint density at radius 1 is 1.26 bits per heavy atom. The molecule has 0 saturated carbocycles. The van der Waals surface area contributed by atoms with Gasteiger partial charge in [0.1, 0.15) is 11.6 Å². The van der Waals surface area contributed by atoms with Crippen molar-refractivity contribution < 1.29 is 19.0 Å². The molecular formula is C14H10ClFO3. The SMILES string of the molecule is COc1ccc(-c2cc(Cl)cc(C(=O)O)c2)c(F)c1. The molecule has 1 N–H and O–H groups in total. The van der Waals surface area contributed by atoms with Crippen LogP contribution in [0.3, 0.4) is 0 Å². The topological polar surface area (TPSA) is 46.5 Å². The van der Waals surface area contributed by atoms with Gasteiger partial charge in [-0.05, 0) is 35.9 Å². The average molecular weight is 281 g/mol. The van der Waals surface area contributed by atoms with Crippen LogP contribution in [-0.4, -0.2) is 18.2 Å². The number of hydrogen-bond donors (Lipinski definition) is 1. The Hall–Kier alpha value is -2.07. The van der Waals surface area contributed by atoms with E-state index in [-0.39, 0.29) is 16.1 Å². The molecule has 19 heavy (non-hydrogen) atoms. The summed E-state index contributed by atoms with van der Waals surface area (Å²) in [6, 6.07) is 8.55. The minimum atomic E-state index is -1.11. The van der Waals surface area contributed by atoms with E-state index in [1.165, 1.54) is 37.4 Å². The predicted octanol–water partition coefficient (Wildman–Crippen LogP) is 3.85. The molecular weight excluding hydrogens is 271 g/mol. The molecule has 3 nitrogen and oxygen atoms in total. The lowest BCUT2D eigenvalue weighted by atomic mass is 10.0. The number of carboxylic acid groups (broad SMARTS) is 1. The second kappa shape index (κ2) is 5.28. The van der Waals surface area contributed by atoms with Crippen molar-refractivity contribution in [3.63, 3.8) is 0 Å². The normalized spacial score (nSPS) is 10.3. The van der Waals surface area contributed by atoms with Crippen LogP contribution < -0.4 is 4.74 Å². The van der Waals surface area contributed by atoms with Crippen molar-refractivity contribution in [2.24, 2.45) is 0 Å². The van der Waals surface area contributed by atoms with Crippen molar-refractivity contribution in [1.82, 2.24) is 0 Å². The van der Waals surface area contributed by atoms with E-state index in [2.05, 4.69) is 0 Å². The molecule has 0 fully saturated rings. The summed E-state index contributed by atoms with van der Waals surface area (Å²) in [5.41, 5.74) is 0.688. The van der Waals surface area contributed by atoms with E-state index in [0.717, 1.165) is 0 Å². The fourth-order valence-corrected chi connectivity index (χ4v) is 1.96. The first kappa shape index (κ1) is 13.4. The molecule has 0 aliphatic rings. The summed E-state index contributed by atoms with van der Waals surface area (Å²) in [5.74, 6) is -1.22. The van der Waals surface area contributed by atoms with Gasteiger partial charge in [-0.3, -0.25) is 0 Å². The Kier molecular flexibility index (Phi) is 3.71. The van der Waals surface area contributed by atoms with Crippen LogP contribution in [0.1, 0.15) is 10.4 Å². The van der Waals surface area contributed by atoms with Crippen LogP contribution in [-0.2, 0) is 0 Å². The number of carboxylic acids is 1. The quantitative estimate of drug-likeness (QED) is 0.929. The number of rotatable bonds is 3. The molecule has 0 bridgehead atoms. The maximum atomic E-state index is 13.9. The van der Waals surface area contributed by atoms with Crippen molar-refractivity contribution in [3.05, 3.63) is 52.8 Å². The molecule has 2 rings (SSSR count). The number of carbonyl (C=O) groups is 1. The highest BCUT2D eigenvalue weighted by molar-refractivity contribution is 6.31. The molecule has 2 aromatic carbocycles. The van der Waals surface area contributed by atoms with Gasteiger partial charge in [0, 0.05) is 16.7 Å². The molecule has 0 heterocycles. The van der Waals surface area contributed by atoms with Gasteiger partial charge >= 0.3 is 5.97 Å². The van der Waals surface area contributed by atoms with Gasteiger partial charge in [0.25, 0.3) is 0 Å². The minimum absolute atomic E-state index is 0.0118. The van der Waals surface area contributed by atoms with Crippen LogP contribution >= 0.6 is 11.6 Å². The summed E-state index contributed by atoms with van der Waals surface area (Å²) in [5, 5.41) is 9.20. The van der Waals surface area contributed by atoms with Gasteiger partial charge in [0.05, 0.1) is 12.7 Å². The zero-order valence-electron chi connectivity index (χ0n) is 9.98. The van der Waals surface area contributed by atoms with Crippen molar-refractivity contribution in [1.29, 1.82) is 0 Å².